The maximum atomic E-state index is 14.3. The van der Waals surface area contributed by atoms with Crippen LogP contribution >= 0.6 is 27.5 Å². The molecule has 0 radical (unpaired) electrons. The zero-order valence-electron chi connectivity index (χ0n) is 22.7. The van der Waals surface area contributed by atoms with Crippen LogP contribution < -0.4 is 5.56 Å². The highest BCUT2D eigenvalue weighted by Crippen LogP contribution is 2.29. The molecule has 0 fully saturated rings. The van der Waals surface area contributed by atoms with E-state index >= 15 is 0 Å². The maximum Gasteiger partial charge on any atom is 0.261 e. The Morgan fingerprint density at radius 2 is 1.83 bits per heavy atom. The molecule has 210 valence electrons. The van der Waals surface area contributed by atoms with E-state index in [0.717, 1.165) is 21.2 Å². The highest BCUT2D eigenvalue weighted by Gasteiger charge is 2.30. The van der Waals surface area contributed by atoms with Crippen LogP contribution in [0.4, 0.5) is 0 Å². The van der Waals surface area contributed by atoms with E-state index in [1.165, 1.54) is 0 Å². The van der Waals surface area contributed by atoms with E-state index in [-0.39, 0.29) is 23.9 Å². The Hall–Kier alpha value is -4.21. The molecular weight excluding hydrogens is 618 g/mol. The third kappa shape index (κ3) is 4.35. The normalized spacial score (nSPS) is 14.4. The molecule has 42 heavy (non-hydrogen) atoms. The number of carbonyl (C=O) groups excluding carboxylic acids is 2. The largest absolute Gasteiger partial charge is 0.337 e. The predicted molar refractivity (Wildman–Crippen MR) is 163 cm³/mol. The summed E-state index contributed by atoms with van der Waals surface area (Å²) in [6.07, 6.45) is 2.77. The minimum Gasteiger partial charge on any atom is -0.337 e. The van der Waals surface area contributed by atoms with Crippen LogP contribution in [0.25, 0.3) is 11.3 Å². The zero-order chi connectivity index (χ0) is 29.1. The number of rotatable bonds is 4. The molecule has 3 aromatic carbocycles. The monoisotopic (exact) mass is 641 g/mol. The van der Waals surface area contributed by atoms with Gasteiger partial charge in [-0.15, -0.1) is 0 Å². The van der Waals surface area contributed by atoms with E-state index in [1.54, 1.807) is 51.9 Å². The number of nitrogens with zero attached hydrogens (tertiary/aromatic N) is 5. The summed E-state index contributed by atoms with van der Waals surface area (Å²) in [5, 5.41) is 5.24. The van der Waals surface area contributed by atoms with Crippen LogP contribution in [0.1, 0.15) is 48.7 Å². The van der Waals surface area contributed by atoms with Crippen LogP contribution in [-0.4, -0.2) is 49.4 Å². The van der Waals surface area contributed by atoms with E-state index in [9.17, 15) is 14.4 Å². The second kappa shape index (κ2) is 10.3. The summed E-state index contributed by atoms with van der Waals surface area (Å²) < 4.78 is 4.25. The lowest BCUT2D eigenvalue weighted by atomic mass is 10.0. The van der Waals surface area contributed by atoms with E-state index in [4.69, 9.17) is 16.7 Å². The molecule has 2 amide bonds. The van der Waals surface area contributed by atoms with Crippen LogP contribution in [0.15, 0.2) is 82.2 Å². The smallest absolute Gasteiger partial charge is 0.261 e. The number of amides is 2. The minimum atomic E-state index is -0.156. The lowest BCUT2D eigenvalue weighted by Crippen LogP contribution is -2.41. The SMILES string of the molecule is CN1Cc2cc(-n3c(=O)c4c(n5ncc(Cc6ccccc6)c35)CN(C(=O)c3ccc(Br)c(Cl)c3)CC4)ccc2C1=O. The number of benzene rings is 3. The van der Waals surface area contributed by atoms with Crippen LogP contribution in [0.2, 0.25) is 5.02 Å². The van der Waals surface area contributed by atoms with Gasteiger partial charge in [0.1, 0.15) is 5.65 Å². The minimum absolute atomic E-state index is 0.0228. The Kier molecular flexibility index (Phi) is 6.51. The lowest BCUT2D eigenvalue weighted by molar-refractivity contribution is 0.0729. The number of carbonyl (C=O) groups is 2. The van der Waals surface area contributed by atoms with Crippen molar-refractivity contribution in [2.75, 3.05) is 13.6 Å². The van der Waals surface area contributed by atoms with E-state index in [2.05, 4.69) is 15.9 Å². The van der Waals surface area contributed by atoms with Crippen molar-refractivity contribution in [1.29, 1.82) is 0 Å². The molecule has 0 bridgehead atoms. The van der Waals surface area contributed by atoms with E-state index < -0.39 is 0 Å². The lowest BCUT2D eigenvalue weighted by Gasteiger charge is -2.30. The summed E-state index contributed by atoms with van der Waals surface area (Å²) in [6, 6.07) is 20.8. The van der Waals surface area contributed by atoms with Crippen molar-refractivity contribution < 1.29 is 9.59 Å². The van der Waals surface area contributed by atoms with Gasteiger partial charge in [0.25, 0.3) is 17.4 Å². The molecule has 0 aliphatic carbocycles. The van der Waals surface area contributed by atoms with Gasteiger partial charge in [-0.25, -0.2) is 4.52 Å². The first-order valence-corrected chi connectivity index (χ1v) is 14.8. The molecule has 2 aromatic heterocycles. The van der Waals surface area contributed by atoms with Gasteiger partial charge in [-0.2, -0.15) is 5.10 Å². The molecule has 10 heteroatoms. The van der Waals surface area contributed by atoms with Gasteiger partial charge in [0.05, 0.1) is 29.1 Å². The molecule has 0 atom stereocenters. The Labute approximate surface area is 254 Å². The molecular formula is C32H25BrClN5O3. The Morgan fingerprint density at radius 1 is 1.02 bits per heavy atom. The average Bonchev–Trinajstić information content (AvgIpc) is 3.54. The summed E-state index contributed by atoms with van der Waals surface area (Å²) in [5.41, 5.74) is 6.54. The summed E-state index contributed by atoms with van der Waals surface area (Å²) in [5.74, 6) is -0.179. The fraction of sp³-hybridized carbons (Fsp3) is 0.188. The van der Waals surface area contributed by atoms with Crippen LogP contribution in [0, 0.1) is 0 Å². The first-order valence-electron chi connectivity index (χ1n) is 13.6. The maximum absolute atomic E-state index is 14.3. The quantitative estimate of drug-likeness (QED) is 0.268. The number of hydrogen-bond acceptors (Lipinski definition) is 4. The van der Waals surface area contributed by atoms with Gasteiger partial charge in [-0.05, 0) is 69.9 Å². The van der Waals surface area contributed by atoms with Gasteiger partial charge < -0.3 is 9.80 Å². The van der Waals surface area contributed by atoms with Crippen molar-refractivity contribution in [2.45, 2.75) is 25.9 Å². The van der Waals surface area contributed by atoms with Crippen molar-refractivity contribution in [3.05, 3.63) is 132 Å². The number of aromatic nitrogens is 3. The molecule has 0 spiro atoms. The molecule has 0 unspecified atom stereocenters. The Morgan fingerprint density at radius 3 is 2.62 bits per heavy atom. The van der Waals surface area contributed by atoms with Gasteiger partial charge in [0.2, 0.25) is 0 Å². The first kappa shape index (κ1) is 26.7. The molecule has 0 saturated heterocycles. The summed E-state index contributed by atoms with van der Waals surface area (Å²) >= 11 is 9.66. The zero-order valence-corrected chi connectivity index (χ0v) is 25.0. The fourth-order valence-electron chi connectivity index (χ4n) is 5.97. The van der Waals surface area contributed by atoms with E-state index in [0.29, 0.717) is 64.7 Å². The van der Waals surface area contributed by atoms with Crippen molar-refractivity contribution in [3.63, 3.8) is 0 Å². The molecule has 2 aliphatic rings. The van der Waals surface area contributed by atoms with Crippen LogP contribution in [-0.2, 0) is 25.9 Å². The highest BCUT2D eigenvalue weighted by molar-refractivity contribution is 9.10. The third-order valence-electron chi connectivity index (χ3n) is 8.09. The van der Waals surface area contributed by atoms with Crippen LogP contribution in [0.5, 0.6) is 0 Å². The van der Waals surface area contributed by atoms with Crippen molar-refractivity contribution in [3.8, 4) is 5.69 Å². The van der Waals surface area contributed by atoms with Gasteiger partial charge in [-0.1, -0.05) is 41.9 Å². The topological polar surface area (TPSA) is 79.9 Å². The third-order valence-corrected chi connectivity index (χ3v) is 9.32. The molecule has 0 N–H and O–H groups in total. The standard InChI is InChI=1S/C32H25BrClN5O3/c1-36-17-22-14-23(8-9-24(22)31(36)41)38-29-21(13-19-5-3-2-4-6-19)16-35-39(29)28-18-37(12-11-25(28)32(38)42)30(40)20-7-10-26(33)27(34)15-20/h2-10,14-16H,11-13,17-18H2,1H3. The molecule has 4 heterocycles. The van der Waals surface area contributed by atoms with Gasteiger partial charge in [0, 0.05) is 53.3 Å². The number of halogens is 2. The summed E-state index contributed by atoms with van der Waals surface area (Å²) in [4.78, 5) is 43.8. The molecule has 8 nitrogen and oxygen atoms in total. The highest BCUT2D eigenvalue weighted by atomic mass is 79.9. The van der Waals surface area contributed by atoms with Gasteiger partial charge >= 0.3 is 0 Å². The fourth-order valence-corrected chi connectivity index (χ4v) is 6.40. The second-order valence-corrected chi connectivity index (χ2v) is 12.0. The van der Waals surface area contributed by atoms with Gasteiger partial charge in [0.15, 0.2) is 0 Å². The molecule has 7 rings (SSSR count). The average molecular weight is 643 g/mol. The van der Waals surface area contributed by atoms with Gasteiger partial charge in [-0.3, -0.25) is 19.0 Å². The van der Waals surface area contributed by atoms with Crippen molar-refractivity contribution >= 4 is 45.0 Å². The Balaban J connectivity index is 1.38. The van der Waals surface area contributed by atoms with Crippen LogP contribution in [0.3, 0.4) is 0 Å². The summed E-state index contributed by atoms with van der Waals surface area (Å²) in [7, 11) is 1.77. The predicted octanol–water partition coefficient (Wildman–Crippen LogP) is 5.28. The molecule has 2 aliphatic heterocycles. The Bertz CT molecular complexity index is 1980. The molecule has 5 aromatic rings. The second-order valence-electron chi connectivity index (χ2n) is 10.7. The number of fused-ring (bicyclic) bond motifs is 4. The van der Waals surface area contributed by atoms with Crippen molar-refractivity contribution in [1.82, 2.24) is 24.0 Å². The number of hydrogen-bond donors (Lipinski definition) is 0. The van der Waals surface area contributed by atoms with Crippen molar-refractivity contribution in [2.24, 2.45) is 0 Å². The first-order chi connectivity index (χ1) is 20.3. The molecule has 0 saturated carbocycles. The summed E-state index contributed by atoms with van der Waals surface area (Å²) in [6.45, 7) is 1.12. The van der Waals surface area contributed by atoms with E-state index in [1.807, 2.05) is 47.0 Å².